The number of piperidine rings is 1. The van der Waals surface area contributed by atoms with Crippen LogP contribution in [-0.4, -0.2) is 56.8 Å². The number of likely N-dealkylation sites (tertiary alicyclic amines) is 1. The Morgan fingerprint density at radius 3 is 3.00 bits per heavy atom. The van der Waals surface area contributed by atoms with Gasteiger partial charge in [0.2, 0.25) is 5.89 Å². The summed E-state index contributed by atoms with van der Waals surface area (Å²) in [6, 6.07) is -0.139. The van der Waals surface area contributed by atoms with Gasteiger partial charge in [-0.05, 0) is 12.8 Å². The van der Waals surface area contributed by atoms with Crippen molar-refractivity contribution in [2.75, 3.05) is 19.6 Å². The molecule has 0 spiro atoms. The first-order valence-corrected chi connectivity index (χ1v) is 8.91. The van der Waals surface area contributed by atoms with E-state index in [2.05, 4.69) is 20.4 Å². The number of aromatic carboxylic acids is 1. The van der Waals surface area contributed by atoms with Crippen LogP contribution in [0.3, 0.4) is 0 Å². The quantitative estimate of drug-likeness (QED) is 0.826. The van der Waals surface area contributed by atoms with E-state index in [0.717, 1.165) is 12.8 Å². The Labute approximate surface area is 148 Å². The molecule has 2 amide bonds. The van der Waals surface area contributed by atoms with Crippen LogP contribution in [0.4, 0.5) is 4.79 Å². The number of rotatable bonds is 5. The van der Waals surface area contributed by atoms with Crippen molar-refractivity contribution in [2.24, 2.45) is 0 Å². The van der Waals surface area contributed by atoms with E-state index in [1.54, 1.807) is 11.8 Å². The first-order valence-electron chi connectivity index (χ1n) is 8.03. The summed E-state index contributed by atoms with van der Waals surface area (Å²) >= 11 is 1.28. The summed E-state index contributed by atoms with van der Waals surface area (Å²) in [5.41, 5.74) is 0.0422. The monoisotopic (exact) mass is 365 g/mol. The molecule has 25 heavy (non-hydrogen) atoms. The third-order valence-corrected chi connectivity index (χ3v) is 4.91. The molecule has 0 unspecified atom stereocenters. The minimum absolute atomic E-state index is 0.0422. The van der Waals surface area contributed by atoms with Crippen molar-refractivity contribution in [1.82, 2.24) is 25.3 Å². The first-order chi connectivity index (χ1) is 12.0. The summed E-state index contributed by atoms with van der Waals surface area (Å²) in [7, 11) is 0. The number of hydrogen-bond donors (Lipinski definition) is 2. The van der Waals surface area contributed by atoms with Crippen LogP contribution in [0.2, 0.25) is 0 Å². The SMILES string of the molecule is Cc1nc([C@H]2CCCN(C(=O)NCCc3nc(C(=O)O)cs3)C2)no1. The Bertz CT molecular complexity index is 759. The Morgan fingerprint density at radius 2 is 2.32 bits per heavy atom. The van der Waals surface area contributed by atoms with Crippen molar-refractivity contribution >= 4 is 23.3 Å². The lowest BCUT2D eigenvalue weighted by Crippen LogP contribution is -2.45. The highest BCUT2D eigenvalue weighted by Crippen LogP contribution is 2.24. The second-order valence-corrected chi connectivity index (χ2v) is 6.81. The van der Waals surface area contributed by atoms with Gasteiger partial charge in [0.15, 0.2) is 11.5 Å². The highest BCUT2D eigenvalue weighted by Gasteiger charge is 2.27. The third-order valence-electron chi connectivity index (χ3n) is 4.00. The van der Waals surface area contributed by atoms with Crippen LogP contribution in [0, 0.1) is 6.92 Å². The van der Waals surface area contributed by atoms with Gasteiger partial charge in [0.05, 0.1) is 5.01 Å². The first kappa shape index (κ1) is 17.3. The Hall–Kier alpha value is -2.49. The number of carbonyl (C=O) groups is 2. The van der Waals surface area contributed by atoms with Crippen LogP contribution >= 0.6 is 11.3 Å². The normalized spacial score (nSPS) is 17.5. The van der Waals surface area contributed by atoms with Gasteiger partial charge in [-0.3, -0.25) is 0 Å². The van der Waals surface area contributed by atoms with Crippen LogP contribution in [0.5, 0.6) is 0 Å². The van der Waals surface area contributed by atoms with E-state index in [-0.39, 0.29) is 17.6 Å². The molecule has 1 fully saturated rings. The molecule has 0 saturated carbocycles. The fourth-order valence-electron chi connectivity index (χ4n) is 2.77. The van der Waals surface area contributed by atoms with E-state index in [0.29, 0.717) is 42.8 Å². The molecular formula is C15H19N5O4S. The maximum atomic E-state index is 12.3. The molecule has 1 atom stereocenters. The molecule has 1 aliphatic rings. The average molecular weight is 365 g/mol. The molecular weight excluding hydrogens is 346 g/mol. The molecule has 3 rings (SSSR count). The van der Waals surface area contributed by atoms with Gasteiger partial charge in [-0.15, -0.1) is 11.3 Å². The standard InChI is InChI=1S/C15H19N5O4S/c1-9-17-13(19-24-9)10-3-2-6-20(7-10)15(23)16-5-4-12-18-11(8-25-12)14(21)22/h8,10H,2-7H2,1H3,(H,16,23)(H,21,22)/t10-/m0/s1. The molecule has 2 N–H and O–H groups in total. The lowest BCUT2D eigenvalue weighted by atomic mass is 9.98. The number of nitrogens with one attached hydrogen (secondary N) is 1. The molecule has 0 radical (unpaired) electrons. The van der Waals surface area contributed by atoms with E-state index in [1.165, 1.54) is 16.7 Å². The summed E-state index contributed by atoms with van der Waals surface area (Å²) in [6.07, 6.45) is 2.32. The molecule has 0 aliphatic carbocycles. The lowest BCUT2D eigenvalue weighted by molar-refractivity contribution is 0.0691. The Morgan fingerprint density at radius 1 is 1.48 bits per heavy atom. The lowest BCUT2D eigenvalue weighted by Gasteiger charge is -2.31. The summed E-state index contributed by atoms with van der Waals surface area (Å²) < 4.78 is 5.02. The molecule has 1 aliphatic heterocycles. The van der Waals surface area contributed by atoms with Crippen molar-refractivity contribution in [1.29, 1.82) is 0 Å². The number of aromatic nitrogens is 3. The summed E-state index contributed by atoms with van der Waals surface area (Å²) in [6.45, 7) is 3.41. The van der Waals surface area contributed by atoms with Gasteiger partial charge < -0.3 is 19.8 Å². The summed E-state index contributed by atoms with van der Waals surface area (Å²) in [4.78, 5) is 33.1. The molecule has 0 aromatic carbocycles. The van der Waals surface area contributed by atoms with E-state index < -0.39 is 5.97 Å². The van der Waals surface area contributed by atoms with Gasteiger partial charge in [-0.2, -0.15) is 4.98 Å². The summed E-state index contributed by atoms with van der Waals surface area (Å²) in [5, 5.41) is 17.9. The molecule has 2 aromatic heterocycles. The molecule has 10 heteroatoms. The zero-order valence-electron chi connectivity index (χ0n) is 13.8. The molecule has 134 valence electrons. The minimum Gasteiger partial charge on any atom is -0.476 e. The number of hydrogen-bond acceptors (Lipinski definition) is 7. The highest BCUT2D eigenvalue weighted by molar-refractivity contribution is 7.09. The molecule has 1 saturated heterocycles. The van der Waals surface area contributed by atoms with Crippen LogP contribution in [0.1, 0.15) is 46.0 Å². The molecule has 9 nitrogen and oxygen atoms in total. The predicted octanol–water partition coefficient (Wildman–Crippen LogP) is 1.66. The minimum atomic E-state index is -1.04. The number of carbonyl (C=O) groups excluding carboxylic acids is 1. The zero-order valence-corrected chi connectivity index (χ0v) is 14.6. The number of aryl methyl sites for hydroxylation is 1. The molecule has 2 aromatic rings. The van der Waals surface area contributed by atoms with E-state index in [4.69, 9.17) is 9.63 Å². The number of amides is 2. The van der Waals surface area contributed by atoms with Crippen LogP contribution in [0.25, 0.3) is 0 Å². The van der Waals surface area contributed by atoms with Crippen molar-refractivity contribution < 1.29 is 19.2 Å². The second-order valence-electron chi connectivity index (χ2n) is 5.87. The zero-order chi connectivity index (χ0) is 17.8. The second kappa shape index (κ2) is 7.60. The maximum Gasteiger partial charge on any atom is 0.355 e. The average Bonchev–Trinajstić information content (AvgIpc) is 3.24. The number of nitrogens with zero attached hydrogens (tertiary/aromatic N) is 4. The Balaban J connectivity index is 1.48. The van der Waals surface area contributed by atoms with Crippen LogP contribution in [-0.2, 0) is 6.42 Å². The maximum absolute atomic E-state index is 12.3. The van der Waals surface area contributed by atoms with Gasteiger partial charge in [-0.1, -0.05) is 5.16 Å². The number of thiazole rings is 1. The van der Waals surface area contributed by atoms with Crippen molar-refractivity contribution in [3.63, 3.8) is 0 Å². The smallest absolute Gasteiger partial charge is 0.355 e. The van der Waals surface area contributed by atoms with Crippen LogP contribution < -0.4 is 5.32 Å². The fourth-order valence-corrected chi connectivity index (χ4v) is 3.54. The topological polar surface area (TPSA) is 121 Å². The van der Waals surface area contributed by atoms with Crippen molar-refractivity contribution in [3.05, 3.63) is 27.8 Å². The highest BCUT2D eigenvalue weighted by atomic mass is 32.1. The van der Waals surface area contributed by atoms with E-state index >= 15 is 0 Å². The summed E-state index contributed by atoms with van der Waals surface area (Å²) in [5.74, 6) is 0.233. The fraction of sp³-hybridized carbons (Fsp3) is 0.533. The van der Waals surface area contributed by atoms with Gasteiger partial charge in [-0.25, -0.2) is 14.6 Å². The van der Waals surface area contributed by atoms with Crippen molar-refractivity contribution in [2.45, 2.75) is 32.1 Å². The van der Waals surface area contributed by atoms with E-state index in [9.17, 15) is 9.59 Å². The van der Waals surface area contributed by atoms with Gasteiger partial charge >= 0.3 is 12.0 Å². The molecule has 3 heterocycles. The number of urea groups is 1. The predicted molar refractivity (Wildman–Crippen MR) is 88.8 cm³/mol. The number of carboxylic acid groups (broad SMARTS) is 1. The van der Waals surface area contributed by atoms with Gasteiger partial charge in [0, 0.05) is 44.3 Å². The van der Waals surface area contributed by atoms with Crippen molar-refractivity contribution in [3.8, 4) is 0 Å². The largest absolute Gasteiger partial charge is 0.476 e. The van der Waals surface area contributed by atoms with E-state index in [1.807, 2.05) is 0 Å². The third kappa shape index (κ3) is 4.32. The van der Waals surface area contributed by atoms with Gasteiger partial charge in [0.25, 0.3) is 0 Å². The van der Waals surface area contributed by atoms with Crippen LogP contribution in [0.15, 0.2) is 9.90 Å². The van der Waals surface area contributed by atoms with Gasteiger partial charge in [0.1, 0.15) is 0 Å². The molecule has 0 bridgehead atoms. The number of carboxylic acids is 1. The Kier molecular flexibility index (Phi) is 5.27.